The maximum absolute atomic E-state index is 12.8. The minimum Gasteiger partial charge on any atom is -0.370 e. The fourth-order valence-corrected chi connectivity index (χ4v) is 2.02. The van der Waals surface area contributed by atoms with E-state index >= 15 is 0 Å². The monoisotopic (exact) mass is 304 g/mol. The Labute approximate surface area is 123 Å². The molecule has 1 rings (SSSR count). The third-order valence-electron chi connectivity index (χ3n) is 3.07. The predicted molar refractivity (Wildman–Crippen MR) is 78.8 cm³/mol. The van der Waals surface area contributed by atoms with E-state index in [1.165, 1.54) is 4.90 Å². The first-order valence-corrected chi connectivity index (χ1v) is 7.14. The lowest BCUT2D eigenvalue weighted by Gasteiger charge is -2.30. The van der Waals surface area contributed by atoms with Gasteiger partial charge in [0.2, 0.25) is 0 Å². The smallest absolute Gasteiger partial charge is 0.370 e. The normalized spacial score (nSPS) is 11.9. The van der Waals surface area contributed by atoms with Gasteiger partial charge in [-0.15, -0.1) is 0 Å². The second-order valence-corrected chi connectivity index (χ2v) is 5.16. The molecule has 21 heavy (non-hydrogen) atoms. The summed E-state index contributed by atoms with van der Waals surface area (Å²) in [4.78, 5) is 9.94. The Morgan fingerprint density at radius 1 is 1.19 bits per heavy atom. The molecule has 1 aromatic heterocycles. The summed E-state index contributed by atoms with van der Waals surface area (Å²) >= 11 is 0. The molecule has 0 saturated heterocycles. The fourth-order valence-electron chi connectivity index (χ4n) is 2.02. The number of rotatable bonds is 6. The highest BCUT2D eigenvalue weighted by Gasteiger charge is 2.33. The summed E-state index contributed by atoms with van der Waals surface area (Å²) in [6.07, 6.45) is -3.70. The zero-order valence-electron chi connectivity index (χ0n) is 13.2. The molecule has 0 amide bonds. The average Bonchev–Trinajstić information content (AvgIpc) is 2.37. The topological polar surface area (TPSA) is 41.1 Å². The first-order chi connectivity index (χ1) is 9.69. The minimum absolute atomic E-state index is 0.306. The molecule has 0 atom stereocenters. The van der Waals surface area contributed by atoms with Crippen LogP contribution >= 0.6 is 0 Å². The molecule has 0 saturated carbocycles. The van der Waals surface area contributed by atoms with Crippen LogP contribution in [0.25, 0.3) is 0 Å². The Bertz CT molecular complexity index is 472. The number of hydrogen-bond acceptors (Lipinski definition) is 4. The van der Waals surface area contributed by atoms with Crippen molar-refractivity contribution in [3.05, 3.63) is 11.4 Å². The van der Waals surface area contributed by atoms with Gasteiger partial charge in [-0.3, -0.25) is 0 Å². The standard InChI is InChI=1S/C14H23F3N4/c1-6-11-19-12(18-7-2)10(5)13(20-11)21(9(3)4)8-14(15,16)17/h9H,6-8H2,1-5H3,(H,18,19,20). The quantitative estimate of drug-likeness (QED) is 0.872. The van der Waals surface area contributed by atoms with Crippen LogP contribution in [0.1, 0.15) is 39.1 Å². The zero-order valence-corrected chi connectivity index (χ0v) is 13.2. The number of anilines is 2. The van der Waals surface area contributed by atoms with Crippen LogP contribution < -0.4 is 10.2 Å². The van der Waals surface area contributed by atoms with E-state index in [0.29, 0.717) is 36.0 Å². The van der Waals surface area contributed by atoms with E-state index in [4.69, 9.17) is 0 Å². The number of aromatic nitrogens is 2. The van der Waals surface area contributed by atoms with Gasteiger partial charge in [0.05, 0.1) is 0 Å². The van der Waals surface area contributed by atoms with Crippen molar-refractivity contribution in [2.24, 2.45) is 0 Å². The van der Waals surface area contributed by atoms with E-state index in [9.17, 15) is 13.2 Å². The molecule has 0 fully saturated rings. The number of hydrogen-bond donors (Lipinski definition) is 1. The summed E-state index contributed by atoms with van der Waals surface area (Å²) in [6.45, 7) is 8.64. The summed E-state index contributed by atoms with van der Waals surface area (Å²) in [6, 6.07) is -0.306. The molecule has 7 heteroatoms. The highest BCUT2D eigenvalue weighted by atomic mass is 19.4. The number of nitrogens with one attached hydrogen (secondary N) is 1. The molecule has 1 heterocycles. The van der Waals surface area contributed by atoms with Crippen LogP contribution in [-0.2, 0) is 6.42 Å². The van der Waals surface area contributed by atoms with Crippen LogP contribution in [0.2, 0.25) is 0 Å². The molecule has 4 nitrogen and oxygen atoms in total. The number of nitrogens with zero attached hydrogens (tertiary/aromatic N) is 3. The summed E-state index contributed by atoms with van der Waals surface area (Å²) in [5, 5.41) is 3.09. The van der Waals surface area contributed by atoms with E-state index < -0.39 is 12.7 Å². The molecule has 0 unspecified atom stereocenters. The SMILES string of the molecule is CCNc1nc(CC)nc(N(CC(F)(F)F)C(C)C)c1C. The van der Waals surface area contributed by atoms with E-state index in [-0.39, 0.29) is 6.04 Å². The van der Waals surface area contributed by atoms with Crippen molar-refractivity contribution >= 4 is 11.6 Å². The first kappa shape index (κ1) is 17.5. The van der Waals surface area contributed by atoms with Gasteiger partial charge in [-0.25, -0.2) is 9.97 Å². The maximum atomic E-state index is 12.8. The number of halogens is 3. The van der Waals surface area contributed by atoms with Crippen molar-refractivity contribution < 1.29 is 13.2 Å². The van der Waals surface area contributed by atoms with Crippen molar-refractivity contribution in [2.75, 3.05) is 23.3 Å². The largest absolute Gasteiger partial charge is 0.405 e. The van der Waals surface area contributed by atoms with Gasteiger partial charge in [0.1, 0.15) is 24.0 Å². The van der Waals surface area contributed by atoms with E-state index in [1.54, 1.807) is 20.8 Å². The number of alkyl halides is 3. The van der Waals surface area contributed by atoms with Gasteiger partial charge in [0.15, 0.2) is 0 Å². The second kappa shape index (κ2) is 6.95. The van der Waals surface area contributed by atoms with Crippen LogP contribution in [0.15, 0.2) is 0 Å². The lowest BCUT2D eigenvalue weighted by Crippen LogP contribution is -2.40. The Kier molecular flexibility index (Phi) is 5.80. The predicted octanol–water partition coefficient (Wildman–Crippen LogP) is 3.56. The Hall–Kier alpha value is -1.53. The second-order valence-electron chi connectivity index (χ2n) is 5.16. The molecule has 1 aromatic rings. The van der Waals surface area contributed by atoms with Crippen LogP contribution in [-0.4, -0.2) is 35.3 Å². The Morgan fingerprint density at radius 2 is 1.81 bits per heavy atom. The lowest BCUT2D eigenvalue weighted by molar-refractivity contribution is -0.120. The van der Waals surface area contributed by atoms with Crippen molar-refractivity contribution in [2.45, 2.75) is 53.3 Å². The van der Waals surface area contributed by atoms with Crippen LogP contribution in [0, 0.1) is 6.92 Å². The van der Waals surface area contributed by atoms with Gasteiger partial charge >= 0.3 is 6.18 Å². The molecular formula is C14H23F3N4. The third-order valence-corrected chi connectivity index (χ3v) is 3.07. The van der Waals surface area contributed by atoms with Crippen molar-refractivity contribution in [3.8, 4) is 0 Å². The molecule has 0 aliphatic rings. The summed E-state index contributed by atoms with van der Waals surface area (Å²) in [5.41, 5.74) is 0.645. The van der Waals surface area contributed by atoms with Crippen LogP contribution in [0.3, 0.4) is 0 Å². The molecule has 0 radical (unpaired) electrons. The maximum Gasteiger partial charge on any atom is 0.405 e. The first-order valence-electron chi connectivity index (χ1n) is 7.14. The Balaban J connectivity index is 3.32. The van der Waals surface area contributed by atoms with Gasteiger partial charge in [-0.05, 0) is 27.7 Å². The highest BCUT2D eigenvalue weighted by molar-refractivity contribution is 5.59. The average molecular weight is 304 g/mol. The van der Waals surface area contributed by atoms with E-state index in [1.807, 2.05) is 13.8 Å². The van der Waals surface area contributed by atoms with E-state index in [0.717, 1.165) is 0 Å². The minimum atomic E-state index is -4.27. The van der Waals surface area contributed by atoms with Gasteiger partial charge in [-0.1, -0.05) is 6.92 Å². The van der Waals surface area contributed by atoms with Gasteiger partial charge in [0, 0.05) is 24.6 Å². The molecule has 1 N–H and O–H groups in total. The van der Waals surface area contributed by atoms with Crippen molar-refractivity contribution in [1.82, 2.24) is 9.97 Å². The lowest BCUT2D eigenvalue weighted by atomic mass is 10.2. The fraction of sp³-hybridized carbons (Fsp3) is 0.714. The molecule has 0 spiro atoms. The highest BCUT2D eigenvalue weighted by Crippen LogP contribution is 2.28. The molecule has 0 aliphatic carbocycles. The molecule has 120 valence electrons. The number of aryl methyl sites for hydroxylation is 1. The zero-order chi connectivity index (χ0) is 16.2. The summed E-state index contributed by atoms with van der Waals surface area (Å²) < 4.78 is 38.4. The summed E-state index contributed by atoms with van der Waals surface area (Å²) in [5.74, 6) is 1.50. The molecule has 0 aliphatic heterocycles. The van der Waals surface area contributed by atoms with E-state index in [2.05, 4.69) is 15.3 Å². The van der Waals surface area contributed by atoms with Gasteiger partial charge in [-0.2, -0.15) is 13.2 Å². The third kappa shape index (κ3) is 4.75. The molecule has 0 bridgehead atoms. The van der Waals surface area contributed by atoms with Gasteiger partial charge in [0.25, 0.3) is 0 Å². The Morgan fingerprint density at radius 3 is 2.24 bits per heavy atom. The molecular weight excluding hydrogens is 281 g/mol. The van der Waals surface area contributed by atoms with Gasteiger partial charge < -0.3 is 10.2 Å². The molecule has 0 aromatic carbocycles. The van der Waals surface area contributed by atoms with Crippen molar-refractivity contribution in [3.63, 3.8) is 0 Å². The van der Waals surface area contributed by atoms with Crippen LogP contribution in [0.5, 0.6) is 0 Å². The summed E-state index contributed by atoms with van der Waals surface area (Å²) in [7, 11) is 0. The van der Waals surface area contributed by atoms with Crippen molar-refractivity contribution in [1.29, 1.82) is 0 Å². The van der Waals surface area contributed by atoms with Crippen LogP contribution in [0.4, 0.5) is 24.8 Å².